The maximum absolute atomic E-state index is 12.2. The number of anilines is 2. The average molecular weight is 409 g/mol. The van der Waals surface area contributed by atoms with Gasteiger partial charge in [0.25, 0.3) is 5.91 Å². The van der Waals surface area contributed by atoms with Crippen LogP contribution in [0.2, 0.25) is 0 Å². The first-order chi connectivity index (χ1) is 14.6. The van der Waals surface area contributed by atoms with E-state index >= 15 is 0 Å². The Morgan fingerprint density at radius 2 is 1.73 bits per heavy atom. The van der Waals surface area contributed by atoms with Crippen LogP contribution in [0.15, 0.2) is 60.9 Å². The summed E-state index contributed by atoms with van der Waals surface area (Å²) in [6.45, 7) is 0.453. The van der Waals surface area contributed by atoms with E-state index in [4.69, 9.17) is 9.47 Å². The number of para-hydroxylation sites is 2. The fraction of sp³-hybridized carbons (Fsp3) is 0.238. The van der Waals surface area contributed by atoms with Crippen LogP contribution in [-0.4, -0.2) is 40.5 Å². The quantitative estimate of drug-likeness (QED) is 0.533. The molecule has 3 rings (SSSR count). The van der Waals surface area contributed by atoms with Crippen molar-refractivity contribution < 1.29 is 19.1 Å². The summed E-state index contributed by atoms with van der Waals surface area (Å²) in [4.78, 5) is 24.3. The molecule has 30 heavy (non-hydrogen) atoms. The molecule has 0 bridgehead atoms. The Morgan fingerprint density at radius 3 is 2.43 bits per heavy atom. The summed E-state index contributed by atoms with van der Waals surface area (Å²) in [7, 11) is 1.54. The maximum atomic E-state index is 12.2. The van der Waals surface area contributed by atoms with Crippen LogP contribution in [-0.2, 0) is 16.1 Å². The molecule has 2 amide bonds. The number of hydrogen-bond acceptors (Lipinski definition) is 6. The number of hydrogen-bond donors (Lipinski definition) is 2. The molecular weight excluding hydrogens is 386 g/mol. The van der Waals surface area contributed by atoms with E-state index in [1.807, 2.05) is 6.07 Å². The summed E-state index contributed by atoms with van der Waals surface area (Å²) in [6.07, 6.45) is 4.35. The third kappa shape index (κ3) is 6.33. The fourth-order valence-corrected chi connectivity index (χ4v) is 2.73. The van der Waals surface area contributed by atoms with Crippen LogP contribution in [0, 0.1) is 0 Å². The zero-order chi connectivity index (χ0) is 21.2. The van der Waals surface area contributed by atoms with E-state index in [1.54, 1.807) is 59.5 Å². The average Bonchev–Trinajstić information content (AvgIpc) is 3.26. The van der Waals surface area contributed by atoms with Gasteiger partial charge in [0.2, 0.25) is 5.91 Å². The second-order valence-corrected chi connectivity index (χ2v) is 6.39. The molecule has 0 saturated carbocycles. The molecule has 0 unspecified atom stereocenters. The lowest BCUT2D eigenvalue weighted by atomic mass is 10.2. The highest BCUT2D eigenvalue weighted by Gasteiger charge is 2.08. The Morgan fingerprint density at radius 1 is 1.00 bits per heavy atom. The van der Waals surface area contributed by atoms with E-state index in [2.05, 4.69) is 20.9 Å². The largest absolute Gasteiger partial charge is 0.493 e. The van der Waals surface area contributed by atoms with Gasteiger partial charge in [0, 0.05) is 30.5 Å². The van der Waals surface area contributed by atoms with Crippen LogP contribution in [0.5, 0.6) is 11.5 Å². The summed E-state index contributed by atoms with van der Waals surface area (Å²) in [5, 5.41) is 13.2. The third-order valence-electron chi connectivity index (χ3n) is 4.12. The molecule has 156 valence electrons. The summed E-state index contributed by atoms with van der Waals surface area (Å²) in [5.41, 5.74) is 1.16. The molecule has 0 aliphatic heterocycles. The monoisotopic (exact) mass is 409 g/mol. The highest BCUT2D eigenvalue weighted by molar-refractivity contribution is 5.94. The van der Waals surface area contributed by atoms with Crippen LogP contribution in [0.3, 0.4) is 0 Å². The molecule has 1 heterocycles. The zero-order valence-corrected chi connectivity index (χ0v) is 16.6. The molecular formula is C21H23N5O4. The SMILES string of the molecule is COc1ccccc1OCC(=O)Nc1cccc(NC(=O)CCCn2ccnn2)c1. The lowest BCUT2D eigenvalue weighted by molar-refractivity contribution is -0.118. The zero-order valence-electron chi connectivity index (χ0n) is 16.6. The van der Waals surface area contributed by atoms with Gasteiger partial charge in [-0.15, -0.1) is 5.10 Å². The normalized spacial score (nSPS) is 10.3. The number of carbonyl (C=O) groups excluding carboxylic acids is 2. The Bertz CT molecular complexity index is 975. The summed E-state index contributed by atoms with van der Waals surface area (Å²) in [5.74, 6) is 0.608. The number of aryl methyl sites for hydroxylation is 1. The summed E-state index contributed by atoms with van der Waals surface area (Å²) < 4.78 is 12.4. The second kappa shape index (κ2) is 10.6. The smallest absolute Gasteiger partial charge is 0.262 e. The number of nitrogens with one attached hydrogen (secondary N) is 2. The minimum absolute atomic E-state index is 0.113. The number of amides is 2. The van der Waals surface area contributed by atoms with Gasteiger partial charge in [-0.05, 0) is 36.8 Å². The van der Waals surface area contributed by atoms with Crippen molar-refractivity contribution in [2.75, 3.05) is 24.4 Å². The molecule has 0 spiro atoms. The van der Waals surface area contributed by atoms with E-state index in [0.717, 1.165) is 0 Å². The molecule has 0 saturated heterocycles. The summed E-state index contributed by atoms with van der Waals surface area (Å²) in [6, 6.07) is 14.0. The first kappa shape index (κ1) is 20.8. The lowest BCUT2D eigenvalue weighted by Gasteiger charge is -2.11. The molecule has 0 fully saturated rings. The van der Waals surface area contributed by atoms with Crippen LogP contribution < -0.4 is 20.1 Å². The second-order valence-electron chi connectivity index (χ2n) is 6.39. The molecule has 0 radical (unpaired) electrons. The molecule has 0 aliphatic carbocycles. The van der Waals surface area contributed by atoms with Gasteiger partial charge in [0.15, 0.2) is 18.1 Å². The van der Waals surface area contributed by atoms with E-state index in [-0.39, 0.29) is 18.4 Å². The minimum Gasteiger partial charge on any atom is -0.493 e. The first-order valence-corrected chi connectivity index (χ1v) is 9.44. The molecule has 9 heteroatoms. The van der Waals surface area contributed by atoms with Gasteiger partial charge >= 0.3 is 0 Å². The van der Waals surface area contributed by atoms with Crippen molar-refractivity contribution in [3.63, 3.8) is 0 Å². The number of aromatic nitrogens is 3. The van der Waals surface area contributed by atoms with Crippen molar-refractivity contribution >= 4 is 23.2 Å². The van der Waals surface area contributed by atoms with E-state index in [1.165, 1.54) is 7.11 Å². The van der Waals surface area contributed by atoms with Crippen molar-refractivity contribution in [1.82, 2.24) is 15.0 Å². The van der Waals surface area contributed by atoms with Crippen LogP contribution in [0.25, 0.3) is 0 Å². The van der Waals surface area contributed by atoms with E-state index in [0.29, 0.717) is 42.3 Å². The van der Waals surface area contributed by atoms with Crippen LogP contribution in [0.1, 0.15) is 12.8 Å². The molecule has 3 aromatic rings. The molecule has 0 aliphatic rings. The van der Waals surface area contributed by atoms with Gasteiger partial charge in [-0.25, -0.2) is 0 Å². The third-order valence-corrected chi connectivity index (χ3v) is 4.12. The Labute approximate surface area is 174 Å². The van der Waals surface area contributed by atoms with Crippen LogP contribution in [0.4, 0.5) is 11.4 Å². The predicted molar refractivity (Wildman–Crippen MR) is 111 cm³/mol. The van der Waals surface area contributed by atoms with Gasteiger partial charge < -0.3 is 20.1 Å². The number of rotatable bonds is 10. The fourth-order valence-electron chi connectivity index (χ4n) is 2.73. The number of ether oxygens (including phenoxy) is 2. The Kier molecular flexibility index (Phi) is 7.37. The van der Waals surface area contributed by atoms with Gasteiger partial charge in [-0.3, -0.25) is 14.3 Å². The number of benzene rings is 2. The van der Waals surface area contributed by atoms with Gasteiger partial charge in [-0.1, -0.05) is 23.4 Å². The minimum atomic E-state index is -0.322. The maximum Gasteiger partial charge on any atom is 0.262 e. The predicted octanol–water partition coefficient (Wildman–Crippen LogP) is 2.72. The van der Waals surface area contributed by atoms with Crippen molar-refractivity contribution in [2.24, 2.45) is 0 Å². The highest BCUT2D eigenvalue weighted by Crippen LogP contribution is 2.25. The molecule has 9 nitrogen and oxygen atoms in total. The number of nitrogens with zero attached hydrogens (tertiary/aromatic N) is 3. The molecule has 0 atom stereocenters. The molecule has 1 aromatic heterocycles. The Balaban J connectivity index is 1.46. The Hall–Kier alpha value is -3.88. The van der Waals surface area contributed by atoms with Crippen molar-refractivity contribution in [3.05, 3.63) is 60.9 Å². The van der Waals surface area contributed by atoms with Crippen molar-refractivity contribution in [1.29, 1.82) is 0 Å². The topological polar surface area (TPSA) is 107 Å². The van der Waals surface area contributed by atoms with Crippen molar-refractivity contribution in [2.45, 2.75) is 19.4 Å². The highest BCUT2D eigenvalue weighted by atomic mass is 16.5. The van der Waals surface area contributed by atoms with Crippen LogP contribution >= 0.6 is 0 Å². The van der Waals surface area contributed by atoms with Crippen molar-refractivity contribution in [3.8, 4) is 11.5 Å². The number of carbonyl (C=O) groups is 2. The summed E-state index contributed by atoms with van der Waals surface area (Å²) >= 11 is 0. The lowest BCUT2D eigenvalue weighted by Crippen LogP contribution is -2.20. The van der Waals surface area contributed by atoms with E-state index < -0.39 is 0 Å². The van der Waals surface area contributed by atoms with E-state index in [9.17, 15) is 9.59 Å². The van der Waals surface area contributed by atoms with Gasteiger partial charge in [0.05, 0.1) is 13.3 Å². The molecule has 2 aromatic carbocycles. The standard InChI is InChI=1S/C21H23N5O4/c1-29-18-8-2-3-9-19(18)30-15-21(28)24-17-7-4-6-16(14-17)23-20(27)10-5-12-26-13-11-22-25-26/h2-4,6-9,11,13-14H,5,10,12,15H2,1H3,(H,23,27)(H,24,28). The van der Waals surface area contributed by atoms with Gasteiger partial charge in [0.1, 0.15) is 0 Å². The van der Waals surface area contributed by atoms with Gasteiger partial charge in [-0.2, -0.15) is 0 Å². The molecule has 2 N–H and O–H groups in total. The first-order valence-electron chi connectivity index (χ1n) is 9.44. The number of methoxy groups -OCH3 is 1.